The molecule has 1 fully saturated rings. The minimum Gasteiger partial charge on any atom is -0.299 e. The van der Waals surface area contributed by atoms with Crippen molar-refractivity contribution in [1.82, 2.24) is 0 Å². The lowest BCUT2D eigenvalue weighted by Gasteiger charge is -2.32. The molecule has 3 atom stereocenters. The highest BCUT2D eigenvalue weighted by Gasteiger charge is 2.24. The van der Waals surface area contributed by atoms with Gasteiger partial charge in [0.1, 0.15) is 6.29 Å². The van der Waals surface area contributed by atoms with Gasteiger partial charge in [-0.1, -0.05) is 26.3 Å². The lowest BCUT2D eigenvalue weighted by molar-refractivity contribution is -0.104. The van der Waals surface area contributed by atoms with Crippen molar-refractivity contribution in [3.05, 3.63) is 12.2 Å². The molecule has 0 spiro atoms. The first-order chi connectivity index (χ1) is 6.76. The van der Waals surface area contributed by atoms with Gasteiger partial charge in [0.2, 0.25) is 0 Å². The largest absolute Gasteiger partial charge is 0.299 e. The molecule has 0 aromatic rings. The summed E-state index contributed by atoms with van der Waals surface area (Å²) in [5.41, 5.74) is 0. The molecule has 1 heteroatoms. The summed E-state index contributed by atoms with van der Waals surface area (Å²) in [4.78, 5) is 10.1. The molecular weight excluding hydrogens is 172 g/mol. The summed E-state index contributed by atoms with van der Waals surface area (Å²) in [5.74, 6) is 2.62. The molecule has 0 bridgehead atoms. The third-order valence-corrected chi connectivity index (χ3v) is 3.40. The molecule has 0 radical (unpaired) electrons. The Balaban J connectivity index is 2.36. The smallest absolute Gasteiger partial charge is 0.142 e. The monoisotopic (exact) mass is 194 g/mol. The predicted molar refractivity (Wildman–Crippen MR) is 60.1 cm³/mol. The van der Waals surface area contributed by atoms with Crippen molar-refractivity contribution in [3.8, 4) is 0 Å². The number of allylic oxidation sites excluding steroid dienone is 2. The summed E-state index contributed by atoms with van der Waals surface area (Å²) < 4.78 is 0. The number of hydrogen-bond donors (Lipinski definition) is 0. The van der Waals surface area contributed by atoms with Crippen molar-refractivity contribution in [2.75, 3.05) is 0 Å². The Morgan fingerprint density at radius 3 is 2.57 bits per heavy atom. The van der Waals surface area contributed by atoms with Gasteiger partial charge in [-0.15, -0.1) is 0 Å². The van der Waals surface area contributed by atoms with Gasteiger partial charge in [-0.05, 0) is 49.5 Å². The van der Waals surface area contributed by atoms with Crippen LogP contribution < -0.4 is 0 Å². The molecule has 0 N–H and O–H groups in total. The fraction of sp³-hybridized carbons (Fsp3) is 0.769. The average Bonchev–Trinajstić information content (AvgIpc) is 2.17. The van der Waals surface area contributed by atoms with Crippen molar-refractivity contribution in [3.63, 3.8) is 0 Å². The van der Waals surface area contributed by atoms with E-state index in [9.17, 15) is 4.79 Å². The normalized spacial score (nSPS) is 33.4. The van der Waals surface area contributed by atoms with Crippen molar-refractivity contribution >= 4 is 6.29 Å². The quantitative estimate of drug-likeness (QED) is 0.493. The van der Waals surface area contributed by atoms with Gasteiger partial charge in [-0.25, -0.2) is 0 Å². The van der Waals surface area contributed by atoms with E-state index < -0.39 is 0 Å². The Labute approximate surface area is 87.6 Å². The van der Waals surface area contributed by atoms with Crippen LogP contribution in [0.5, 0.6) is 0 Å². The van der Waals surface area contributed by atoms with Gasteiger partial charge in [-0.2, -0.15) is 0 Å². The summed E-state index contributed by atoms with van der Waals surface area (Å²) in [6.45, 7) is 4.65. The molecule has 1 aliphatic rings. The molecule has 14 heavy (non-hydrogen) atoms. The highest BCUT2D eigenvalue weighted by molar-refractivity contribution is 5.64. The second kappa shape index (κ2) is 6.00. The van der Waals surface area contributed by atoms with E-state index in [1.54, 1.807) is 6.08 Å². The summed E-state index contributed by atoms with van der Waals surface area (Å²) >= 11 is 0. The summed E-state index contributed by atoms with van der Waals surface area (Å²) in [6, 6.07) is 0. The molecule has 0 heterocycles. The van der Waals surface area contributed by atoms with Crippen molar-refractivity contribution in [1.29, 1.82) is 0 Å². The van der Waals surface area contributed by atoms with Crippen LogP contribution in [0.25, 0.3) is 0 Å². The van der Waals surface area contributed by atoms with E-state index in [0.29, 0.717) is 0 Å². The first-order valence-corrected chi connectivity index (χ1v) is 5.86. The maximum absolute atomic E-state index is 10.1. The molecule has 1 nitrogen and oxygen atoms in total. The molecule has 1 rings (SSSR count). The van der Waals surface area contributed by atoms with Crippen LogP contribution in [0.15, 0.2) is 12.2 Å². The van der Waals surface area contributed by atoms with Crippen LogP contribution in [-0.2, 0) is 4.79 Å². The lowest BCUT2D eigenvalue weighted by Crippen LogP contribution is -2.20. The zero-order chi connectivity index (χ0) is 10.4. The van der Waals surface area contributed by atoms with Gasteiger partial charge < -0.3 is 0 Å². The van der Waals surface area contributed by atoms with Crippen LogP contribution >= 0.6 is 0 Å². The number of hydrogen-bond acceptors (Lipinski definition) is 1. The SMILES string of the molecule is CCC1CC(C)CC(CC=CC=O)C1. The fourth-order valence-electron chi connectivity index (χ4n) is 2.75. The molecule has 0 amide bonds. The zero-order valence-electron chi connectivity index (χ0n) is 9.41. The van der Waals surface area contributed by atoms with Crippen LogP contribution in [0.2, 0.25) is 0 Å². The van der Waals surface area contributed by atoms with E-state index in [1.165, 1.54) is 25.7 Å². The van der Waals surface area contributed by atoms with Gasteiger partial charge in [0, 0.05) is 0 Å². The topological polar surface area (TPSA) is 17.1 Å². The fourth-order valence-corrected chi connectivity index (χ4v) is 2.75. The maximum Gasteiger partial charge on any atom is 0.142 e. The molecule has 80 valence electrons. The third-order valence-electron chi connectivity index (χ3n) is 3.40. The van der Waals surface area contributed by atoms with Crippen LogP contribution in [0.3, 0.4) is 0 Å². The van der Waals surface area contributed by atoms with E-state index in [1.807, 2.05) is 6.08 Å². The minimum absolute atomic E-state index is 0.819. The highest BCUT2D eigenvalue weighted by Crippen LogP contribution is 2.36. The average molecular weight is 194 g/mol. The Morgan fingerprint density at radius 1 is 1.21 bits per heavy atom. The van der Waals surface area contributed by atoms with Gasteiger partial charge in [0.15, 0.2) is 0 Å². The van der Waals surface area contributed by atoms with Crippen LogP contribution in [-0.4, -0.2) is 6.29 Å². The number of aldehydes is 1. The van der Waals surface area contributed by atoms with Crippen molar-refractivity contribution < 1.29 is 4.79 Å². The lowest BCUT2D eigenvalue weighted by atomic mass is 9.74. The van der Waals surface area contributed by atoms with Gasteiger partial charge in [0.25, 0.3) is 0 Å². The Morgan fingerprint density at radius 2 is 1.93 bits per heavy atom. The number of carbonyl (C=O) groups excluding carboxylic acids is 1. The van der Waals surface area contributed by atoms with Crippen molar-refractivity contribution in [2.24, 2.45) is 17.8 Å². The van der Waals surface area contributed by atoms with E-state index in [-0.39, 0.29) is 0 Å². The van der Waals surface area contributed by atoms with Gasteiger partial charge >= 0.3 is 0 Å². The Bertz CT molecular complexity index is 195. The van der Waals surface area contributed by atoms with E-state index in [2.05, 4.69) is 13.8 Å². The second-order valence-electron chi connectivity index (χ2n) is 4.75. The highest BCUT2D eigenvalue weighted by atomic mass is 16.1. The summed E-state index contributed by atoms with van der Waals surface area (Å²) in [5, 5.41) is 0. The molecule has 0 aliphatic heterocycles. The number of rotatable bonds is 4. The molecule has 0 aromatic heterocycles. The third kappa shape index (κ3) is 3.65. The van der Waals surface area contributed by atoms with E-state index in [4.69, 9.17) is 0 Å². The summed E-state index contributed by atoms with van der Waals surface area (Å²) in [6.07, 6.45) is 11.1. The first kappa shape index (κ1) is 11.5. The number of carbonyl (C=O) groups is 1. The molecule has 0 saturated heterocycles. The van der Waals surface area contributed by atoms with Crippen LogP contribution in [0.1, 0.15) is 46.0 Å². The maximum atomic E-state index is 10.1. The molecule has 0 aromatic carbocycles. The van der Waals surface area contributed by atoms with Gasteiger partial charge in [0.05, 0.1) is 0 Å². The molecule has 1 saturated carbocycles. The molecule has 1 aliphatic carbocycles. The van der Waals surface area contributed by atoms with E-state index >= 15 is 0 Å². The second-order valence-corrected chi connectivity index (χ2v) is 4.75. The zero-order valence-corrected chi connectivity index (χ0v) is 9.41. The van der Waals surface area contributed by atoms with Crippen LogP contribution in [0.4, 0.5) is 0 Å². The minimum atomic E-state index is 0.819. The summed E-state index contributed by atoms with van der Waals surface area (Å²) in [7, 11) is 0. The molecule has 3 unspecified atom stereocenters. The molecular formula is C13H22O. The first-order valence-electron chi connectivity index (χ1n) is 5.86. The predicted octanol–water partition coefficient (Wildman–Crippen LogP) is 3.59. The van der Waals surface area contributed by atoms with E-state index in [0.717, 1.165) is 30.5 Å². The van der Waals surface area contributed by atoms with Gasteiger partial charge in [-0.3, -0.25) is 4.79 Å². The van der Waals surface area contributed by atoms with Crippen LogP contribution in [0, 0.1) is 17.8 Å². The standard InChI is InChI=1S/C13H22O/c1-3-12-8-11(2)9-13(10-12)6-4-5-7-14/h4-5,7,11-13H,3,6,8-10H2,1-2H3. The Kier molecular flexibility index (Phi) is 4.92. The van der Waals surface area contributed by atoms with Crippen molar-refractivity contribution in [2.45, 2.75) is 46.0 Å². The Hall–Kier alpha value is -0.590.